The molecule has 96 valence electrons. The van der Waals surface area contributed by atoms with Crippen LogP contribution < -0.4 is 0 Å². The number of benzene rings is 1. The van der Waals surface area contributed by atoms with Gasteiger partial charge in [0.15, 0.2) is 0 Å². The molecule has 0 bridgehead atoms. The predicted molar refractivity (Wildman–Crippen MR) is 68.8 cm³/mol. The molecule has 0 aliphatic carbocycles. The average Bonchev–Trinajstić information content (AvgIpc) is 2.28. The molecule has 1 rings (SSSR count). The smallest absolute Gasteiger partial charge is 0.129 e. The van der Waals surface area contributed by atoms with Crippen molar-refractivity contribution in [3.8, 4) is 0 Å². The van der Waals surface area contributed by atoms with Crippen LogP contribution >= 0.6 is 23.2 Å². The van der Waals surface area contributed by atoms with E-state index in [1.807, 2.05) is 13.8 Å². The molecule has 0 aromatic heterocycles. The highest BCUT2D eigenvalue weighted by molar-refractivity contribution is 6.21. The van der Waals surface area contributed by atoms with Crippen molar-refractivity contribution in [2.24, 2.45) is 11.3 Å². The summed E-state index contributed by atoms with van der Waals surface area (Å²) in [6.45, 7) is 4.01. The monoisotopic (exact) mass is 280 g/mol. The molecule has 0 fully saturated rings. The third-order valence-corrected chi connectivity index (χ3v) is 4.38. The minimum absolute atomic E-state index is 0.224. The van der Waals surface area contributed by atoms with Gasteiger partial charge >= 0.3 is 0 Å². The second kappa shape index (κ2) is 6.01. The van der Waals surface area contributed by atoms with Crippen molar-refractivity contribution in [1.82, 2.24) is 0 Å². The maximum atomic E-state index is 13.6. The van der Waals surface area contributed by atoms with Crippen LogP contribution in [-0.4, -0.2) is 11.8 Å². The van der Waals surface area contributed by atoms with Gasteiger partial charge in [-0.2, -0.15) is 0 Å². The summed E-state index contributed by atoms with van der Waals surface area (Å²) in [6, 6.07) is 3.61. The van der Waals surface area contributed by atoms with Gasteiger partial charge in [0.2, 0.25) is 0 Å². The summed E-state index contributed by atoms with van der Waals surface area (Å²) < 4.78 is 26.4. The molecule has 1 aromatic rings. The first-order chi connectivity index (χ1) is 7.95. The lowest BCUT2D eigenvalue weighted by Gasteiger charge is -2.34. The molecule has 4 heteroatoms. The summed E-state index contributed by atoms with van der Waals surface area (Å²) in [5.74, 6) is -0.180. The minimum atomic E-state index is -0.571. The van der Waals surface area contributed by atoms with Crippen LogP contribution in [0.4, 0.5) is 8.78 Å². The normalized spacial score (nSPS) is 12.2. The van der Waals surface area contributed by atoms with Crippen molar-refractivity contribution >= 4 is 23.2 Å². The van der Waals surface area contributed by atoms with Gasteiger partial charge in [0.1, 0.15) is 11.6 Å². The van der Waals surface area contributed by atoms with E-state index in [9.17, 15) is 8.78 Å². The Morgan fingerprint density at radius 1 is 1.18 bits per heavy atom. The first-order valence-corrected chi connectivity index (χ1v) is 6.58. The Labute approximate surface area is 111 Å². The fraction of sp³-hybridized carbons (Fsp3) is 0.538. The van der Waals surface area contributed by atoms with Gasteiger partial charge in [-0.1, -0.05) is 19.9 Å². The van der Waals surface area contributed by atoms with E-state index >= 15 is 0 Å². The van der Waals surface area contributed by atoms with E-state index in [2.05, 4.69) is 0 Å². The third kappa shape index (κ3) is 3.32. The summed E-state index contributed by atoms with van der Waals surface area (Å²) in [6.07, 6.45) is 0.420. The molecule has 0 radical (unpaired) electrons. The molecule has 0 amide bonds. The van der Waals surface area contributed by atoms with E-state index in [1.165, 1.54) is 12.1 Å². The minimum Gasteiger partial charge on any atom is -0.207 e. The van der Waals surface area contributed by atoms with E-state index in [1.54, 1.807) is 0 Å². The van der Waals surface area contributed by atoms with E-state index in [0.717, 1.165) is 6.07 Å². The zero-order valence-corrected chi connectivity index (χ0v) is 11.5. The van der Waals surface area contributed by atoms with Gasteiger partial charge in [0, 0.05) is 23.2 Å². The summed E-state index contributed by atoms with van der Waals surface area (Å²) in [5.41, 5.74) is 0.100. The second-order valence-corrected chi connectivity index (χ2v) is 5.23. The lowest BCUT2D eigenvalue weighted by Crippen LogP contribution is -2.34. The highest BCUT2D eigenvalue weighted by Crippen LogP contribution is 2.35. The third-order valence-electron chi connectivity index (χ3n) is 3.31. The van der Waals surface area contributed by atoms with E-state index in [4.69, 9.17) is 23.2 Å². The molecule has 0 unspecified atom stereocenters. The standard InChI is InChI=1S/C13H16Cl2F2/c1-9(2)13(7-14,8-15)6-10-3-4-11(16)5-12(10)17/h3-5,9H,6-8H2,1-2H3. The highest BCUT2D eigenvalue weighted by atomic mass is 35.5. The van der Waals surface area contributed by atoms with Crippen LogP contribution in [0.15, 0.2) is 18.2 Å². The first kappa shape index (κ1) is 14.7. The molecule has 0 N–H and O–H groups in total. The van der Waals surface area contributed by atoms with Gasteiger partial charge < -0.3 is 0 Å². The van der Waals surface area contributed by atoms with Crippen molar-refractivity contribution in [2.75, 3.05) is 11.8 Å². The van der Waals surface area contributed by atoms with Crippen molar-refractivity contribution in [3.63, 3.8) is 0 Å². The summed E-state index contributed by atoms with van der Waals surface area (Å²) in [4.78, 5) is 0. The van der Waals surface area contributed by atoms with Crippen LogP contribution in [-0.2, 0) is 6.42 Å². The molecule has 17 heavy (non-hydrogen) atoms. The van der Waals surface area contributed by atoms with Crippen LogP contribution in [0, 0.1) is 23.0 Å². The summed E-state index contributed by atoms with van der Waals surface area (Å²) in [5, 5.41) is 0. The maximum absolute atomic E-state index is 13.6. The van der Waals surface area contributed by atoms with E-state index < -0.39 is 11.6 Å². The van der Waals surface area contributed by atoms with Gasteiger partial charge in [0.25, 0.3) is 0 Å². The highest BCUT2D eigenvalue weighted by Gasteiger charge is 2.33. The summed E-state index contributed by atoms with van der Waals surface area (Å²) in [7, 11) is 0. The largest absolute Gasteiger partial charge is 0.207 e. The van der Waals surface area contributed by atoms with Crippen LogP contribution in [0.25, 0.3) is 0 Å². The molecule has 0 spiro atoms. The van der Waals surface area contributed by atoms with Crippen molar-refractivity contribution < 1.29 is 8.78 Å². The SMILES string of the molecule is CC(C)C(CCl)(CCl)Cc1ccc(F)cc1F. The van der Waals surface area contributed by atoms with Gasteiger partial charge in [-0.15, -0.1) is 23.2 Å². The van der Waals surface area contributed by atoms with Gasteiger partial charge in [-0.3, -0.25) is 0 Å². The molecular weight excluding hydrogens is 265 g/mol. The van der Waals surface area contributed by atoms with Crippen LogP contribution in [0.1, 0.15) is 19.4 Å². The number of alkyl halides is 2. The second-order valence-electron chi connectivity index (χ2n) is 4.70. The van der Waals surface area contributed by atoms with Crippen LogP contribution in [0.5, 0.6) is 0 Å². The topological polar surface area (TPSA) is 0 Å². The quantitative estimate of drug-likeness (QED) is 0.690. The van der Waals surface area contributed by atoms with E-state index in [0.29, 0.717) is 23.7 Å². The number of rotatable bonds is 5. The van der Waals surface area contributed by atoms with Gasteiger partial charge in [-0.05, 0) is 24.0 Å². The van der Waals surface area contributed by atoms with Crippen LogP contribution in [0.3, 0.4) is 0 Å². The molecule has 0 saturated heterocycles. The van der Waals surface area contributed by atoms with Gasteiger partial charge in [0.05, 0.1) is 0 Å². The number of halogens is 4. The Balaban J connectivity index is 3.01. The Bertz CT molecular complexity index is 374. The average molecular weight is 281 g/mol. The Morgan fingerprint density at radius 3 is 2.18 bits per heavy atom. The van der Waals surface area contributed by atoms with Gasteiger partial charge in [-0.25, -0.2) is 8.78 Å². The summed E-state index contributed by atoms with van der Waals surface area (Å²) >= 11 is 11.9. The van der Waals surface area contributed by atoms with Crippen molar-refractivity contribution in [1.29, 1.82) is 0 Å². The van der Waals surface area contributed by atoms with Crippen molar-refractivity contribution in [2.45, 2.75) is 20.3 Å². The van der Waals surface area contributed by atoms with E-state index in [-0.39, 0.29) is 11.3 Å². The zero-order valence-electron chi connectivity index (χ0n) is 9.94. The predicted octanol–water partition coefficient (Wildman–Crippen LogP) is 4.63. The van der Waals surface area contributed by atoms with Crippen molar-refractivity contribution in [3.05, 3.63) is 35.4 Å². The fourth-order valence-electron chi connectivity index (χ4n) is 1.69. The Kier molecular flexibility index (Phi) is 5.21. The maximum Gasteiger partial charge on any atom is 0.129 e. The number of hydrogen-bond acceptors (Lipinski definition) is 0. The fourth-order valence-corrected chi connectivity index (χ4v) is 2.78. The Morgan fingerprint density at radius 2 is 1.76 bits per heavy atom. The van der Waals surface area contributed by atoms with Crippen LogP contribution in [0.2, 0.25) is 0 Å². The molecule has 0 aliphatic rings. The first-order valence-electron chi connectivity index (χ1n) is 5.51. The molecular formula is C13H16Cl2F2. The molecule has 0 atom stereocenters. The molecule has 0 heterocycles. The molecule has 0 nitrogen and oxygen atoms in total. The lowest BCUT2D eigenvalue weighted by atomic mass is 9.76. The number of hydrogen-bond donors (Lipinski definition) is 0. The molecule has 0 saturated carbocycles. The molecule has 0 aliphatic heterocycles. The zero-order chi connectivity index (χ0) is 13.1. The lowest BCUT2D eigenvalue weighted by molar-refractivity contribution is 0.255. The molecule has 1 aromatic carbocycles. The Hall–Kier alpha value is -0.340.